The molecule has 1 aliphatic rings. The summed E-state index contributed by atoms with van der Waals surface area (Å²) in [5.41, 5.74) is 1.23. The van der Waals surface area contributed by atoms with Crippen molar-refractivity contribution in [2.45, 2.75) is 64.6 Å². The lowest BCUT2D eigenvalue weighted by Gasteiger charge is -2.23. The Balaban J connectivity index is 1.88. The number of benzene rings is 1. The Hall–Kier alpha value is -0.730. The largest absolute Gasteiger partial charge is 0.489 e. The summed E-state index contributed by atoms with van der Waals surface area (Å²) < 4.78 is 5.64. The maximum atomic E-state index is 6.24. The molecule has 106 valence electrons. The van der Waals surface area contributed by atoms with Crippen LogP contribution in [0.3, 0.4) is 0 Å². The van der Waals surface area contributed by atoms with Gasteiger partial charge in [0.05, 0.1) is 11.1 Å². The minimum Gasteiger partial charge on any atom is -0.489 e. The van der Waals surface area contributed by atoms with E-state index in [9.17, 15) is 0 Å². The third-order valence-corrected chi connectivity index (χ3v) is 3.85. The molecule has 3 heteroatoms. The summed E-state index contributed by atoms with van der Waals surface area (Å²) in [7, 11) is 0. The monoisotopic (exact) mass is 281 g/mol. The van der Waals surface area contributed by atoms with Crippen LogP contribution in [0.25, 0.3) is 0 Å². The Labute approximate surface area is 121 Å². The predicted octanol–water partition coefficient (Wildman–Crippen LogP) is 4.55. The van der Waals surface area contributed by atoms with Crippen molar-refractivity contribution in [1.82, 2.24) is 5.32 Å². The Morgan fingerprint density at radius 2 is 2.00 bits per heavy atom. The highest BCUT2D eigenvalue weighted by Gasteiger charge is 2.12. The Morgan fingerprint density at radius 3 is 2.63 bits per heavy atom. The number of hydrogen-bond donors (Lipinski definition) is 1. The fourth-order valence-electron chi connectivity index (χ4n) is 2.57. The molecule has 0 spiro atoms. The molecule has 0 amide bonds. The van der Waals surface area contributed by atoms with E-state index in [1.54, 1.807) is 0 Å². The fourth-order valence-corrected chi connectivity index (χ4v) is 2.82. The zero-order chi connectivity index (χ0) is 13.7. The van der Waals surface area contributed by atoms with Crippen molar-refractivity contribution in [2.24, 2.45) is 0 Å². The Kier molecular flexibility index (Phi) is 5.53. The van der Waals surface area contributed by atoms with Crippen LogP contribution in [0.1, 0.15) is 51.5 Å². The van der Waals surface area contributed by atoms with Crippen molar-refractivity contribution < 1.29 is 4.74 Å². The van der Waals surface area contributed by atoms with Gasteiger partial charge in [0.15, 0.2) is 0 Å². The maximum absolute atomic E-state index is 6.24. The second-order valence-electron chi connectivity index (χ2n) is 5.65. The first-order valence-electron chi connectivity index (χ1n) is 7.33. The van der Waals surface area contributed by atoms with Crippen molar-refractivity contribution >= 4 is 11.6 Å². The second kappa shape index (κ2) is 7.16. The molecule has 1 fully saturated rings. The van der Waals surface area contributed by atoms with Gasteiger partial charge >= 0.3 is 0 Å². The van der Waals surface area contributed by atoms with Gasteiger partial charge in [-0.3, -0.25) is 0 Å². The van der Waals surface area contributed by atoms with Crippen LogP contribution in [-0.2, 0) is 6.54 Å². The van der Waals surface area contributed by atoms with E-state index in [1.165, 1.54) is 37.7 Å². The van der Waals surface area contributed by atoms with Crippen LogP contribution >= 0.6 is 11.6 Å². The molecule has 19 heavy (non-hydrogen) atoms. The summed E-state index contributed by atoms with van der Waals surface area (Å²) in [4.78, 5) is 0. The molecule has 2 nitrogen and oxygen atoms in total. The van der Waals surface area contributed by atoms with Crippen LogP contribution in [0.15, 0.2) is 18.2 Å². The van der Waals surface area contributed by atoms with Gasteiger partial charge in [0, 0.05) is 12.6 Å². The first kappa shape index (κ1) is 14.7. The average molecular weight is 282 g/mol. The van der Waals surface area contributed by atoms with E-state index >= 15 is 0 Å². The smallest absolute Gasteiger partial charge is 0.138 e. The number of hydrogen-bond acceptors (Lipinski definition) is 2. The standard InChI is InChI=1S/C16H24ClNO/c1-12(2)19-16-9-8-13(10-15(16)17)11-18-14-6-4-3-5-7-14/h8-10,12,14,18H,3-7,11H2,1-2H3. The topological polar surface area (TPSA) is 21.3 Å². The van der Waals surface area contributed by atoms with E-state index in [0.717, 1.165) is 12.3 Å². The van der Waals surface area contributed by atoms with Gasteiger partial charge in [-0.05, 0) is 44.4 Å². The molecule has 0 atom stereocenters. The van der Waals surface area contributed by atoms with Crippen molar-refractivity contribution in [3.8, 4) is 5.75 Å². The minimum atomic E-state index is 0.156. The summed E-state index contributed by atoms with van der Waals surface area (Å²) in [6.45, 7) is 4.91. The van der Waals surface area contributed by atoms with E-state index in [1.807, 2.05) is 26.0 Å². The summed E-state index contributed by atoms with van der Waals surface area (Å²) in [5, 5.41) is 4.33. The van der Waals surface area contributed by atoms with Crippen molar-refractivity contribution in [3.05, 3.63) is 28.8 Å². The highest BCUT2D eigenvalue weighted by atomic mass is 35.5. The van der Waals surface area contributed by atoms with Gasteiger partial charge in [-0.2, -0.15) is 0 Å². The molecule has 0 heterocycles. The first-order chi connectivity index (χ1) is 9.15. The lowest BCUT2D eigenvalue weighted by molar-refractivity contribution is 0.242. The number of ether oxygens (including phenoxy) is 1. The van der Waals surface area contributed by atoms with Gasteiger partial charge in [-0.15, -0.1) is 0 Å². The van der Waals surface area contributed by atoms with Gasteiger partial charge in [0.25, 0.3) is 0 Å². The van der Waals surface area contributed by atoms with Crippen LogP contribution in [0.5, 0.6) is 5.75 Å². The fraction of sp³-hybridized carbons (Fsp3) is 0.625. The molecule has 0 saturated heterocycles. The molecule has 0 bridgehead atoms. The van der Waals surface area contributed by atoms with Gasteiger partial charge in [0.2, 0.25) is 0 Å². The predicted molar refractivity (Wildman–Crippen MR) is 80.9 cm³/mol. The molecule has 1 saturated carbocycles. The van der Waals surface area contributed by atoms with Crippen molar-refractivity contribution in [1.29, 1.82) is 0 Å². The summed E-state index contributed by atoms with van der Waals surface area (Å²) in [5.74, 6) is 0.776. The third-order valence-electron chi connectivity index (χ3n) is 3.56. The quantitative estimate of drug-likeness (QED) is 0.855. The lowest BCUT2D eigenvalue weighted by atomic mass is 9.95. The average Bonchev–Trinajstić information content (AvgIpc) is 2.40. The van der Waals surface area contributed by atoms with Crippen molar-refractivity contribution in [2.75, 3.05) is 0 Å². The van der Waals surface area contributed by atoms with Gasteiger partial charge < -0.3 is 10.1 Å². The van der Waals surface area contributed by atoms with E-state index in [4.69, 9.17) is 16.3 Å². The summed E-state index contributed by atoms with van der Waals surface area (Å²) in [6, 6.07) is 6.76. The van der Waals surface area contributed by atoms with E-state index in [2.05, 4.69) is 11.4 Å². The molecule has 1 aromatic rings. The Morgan fingerprint density at radius 1 is 1.26 bits per heavy atom. The minimum absolute atomic E-state index is 0.156. The summed E-state index contributed by atoms with van der Waals surface area (Å²) in [6.07, 6.45) is 6.89. The molecule has 0 radical (unpaired) electrons. The van der Waals surface area contributed by atoms with E-state index in [-0.39, 0.29) is 6.10 Å². The molecule has 0 aliphatic heterocycles. The number of halogens is 1. The highest BCUT2D eigenvalue weighted by molar-refractivity contribution is 6.32. The van der Waals surface area contributed by atoms with Gasteiger partial charge in [-0.25, -0.2) is 0 Å². The van der Waals surface area contributed by atoms with E-state index < -0.39 is 0 Å². The van der Waals surface area contributed by atoms with Crippen LogP contribution in [0, 0.1) is 0 Å². The maximum Gasteiger partial charge on any atom is 0.138 e. The lowest BCUT2D eigenvalue weighted by Crippen LogP contribution is -2.30. The second-order valence-corrected chi connectivity index (χ2v) is 6.05. The van der Waals surface area contributed by atoms with E-state index in [0.29, 0.717) is 11.1 Å². The SMILES string of the molecule is CC(C)Oc1ccc(CNC2CCCCC2)cc1Cl. The van der Waals surface area contributed by atoms with Crippen LogP contribution in [0.4, 0.5) is 0 Å². The molecule has 1 aromatic carbocycles. The summed E-state index contributed by atoms with van der Waals surface area (Å²) >= 11 is 6.24. The molecule has 1 aliphatic carbocycles. The molecular weight excluding hydrogens is 258 g/mol. The third kappa shape index (κ3) is 4.70. The normalized spacial score (nSPS) is 16.8. The number of rotatable bonds is 5. The molecule has 1 N–H and O–H groups in total. The van der Waals surface area contributed by atoms with Crippen LogP contribution in [-0.4, -0.2) is 12.1 Å². The molecular formula is C16H24ClNO. The molecule has 0 unspecified atom stereocenters. The van der Waals surface area contributed by atoms with Crippen LogP contribution in [0.2, 0.25) is 5.02 Å². The van der Waals surface area contributed by atoms with Crippen molar-refractivity contribution in [3.63, 3.8) is 0 Å². The Bertz CT molecular complexity index is 400. The van der Waals surface area contributed by atoms with Crippen LogP contribution < -0.4 is 10.1 Å². The molecule has 0 aromatic heterocycles. The zero-order valence-corrected chi connectivity index (χ0v) is 12.7. The first-order valence-corrected chi connectivity index (χ1v) is 7.71. The van der Waals surface area contributed by atoms with Gasteiger partial charge in [0.1, 0.15) is 5.75 Å². The van der Waals surface area contributed by atoms with Gasteiger partial charge in [-0.1, -0.05) is 36.9 Å². The number of nitrogens with one attached hydrogen (secondary N) is 1. The molecule has 2 rings (SSSR count). The highest BCUT2D eigenvalue weighted by Crippen LogP contribution is 2.26. The zero-order valence-electron chi connectivity index (χ0n) is 11.9.